The van der Waals surface area contributed by atoms with E-state index in [1.165, 1.54) is 38.8 Å². The Bertz CT molecular complexity index is 1000. The van der Waals surface area contributed by atoms with Gasteiger partial charge in [0.2, 0.25) is 5.95 Å². The summed E-state index contributed by atoms with van der Waals surface area (Å²) in [6, 6.07) is 8.56. The molecule has 0 unspecified atom stereocenters. The third-order valence-electron chi connectivity index (χ3n) is 8.14. The Morgan fingerprint density at radius 1 is 1.09 bits per heavy atom. The summed E-state index contributed by atoms with van der Waals surface area (Å²) in [7, 11) is 0. The lowest BCUT2D eigenvalue weighted by Crippen LogP contribution is -2.56. The topological polar surface area (TPSA) is 44.3 Å². The van der Waals surface area contributed by atoms with E-state index in [9.17, 15) is 0 Å². The van der Waals surface area contributed by atoms with Crippen molar-refractivity contribution in [3.63, 3.8) is 0 Å². The van der Waals surface area contributed by atoms with Crippen LogP contribution in [0.5, 0.6) is 0 Å². The average Bonchev–Trinajstić information content (AvgIpc) is 2.76. The molecule has 2 aliphatic heterocycles. The first kappa shape index (κ1) is 24.1. The highest BCUT2D eigenvalue weighted by Crippen LogP contribution is 2.38. The van der Waals surface area contributed by atoms with Crippen molar-refractivity contribution in [3.8, 4) is 0 Å². The summed E-state index contributed by atoms with van der Waals surface area (Å²) in [5, 5.41) is 4.85. The highest BCUT2D eigenvalue weighted by Gasteiger charge is 2.40. The number of likely N-dealkylation sites (tertiary alicyclic amines) is 1. The molecule has 2 aromatic rings. The molecule has 3 heterocycles. The van der Waals surface area contributed by atoms with Crippen LogP contribution in [-0.2, 0) is 6.42 Å². The zero-order valence-corrected chi connectivity index (χ0v) is 22.1. The van der Waals surface area contributed by atoms with Crippen LogP contribution in [0, 0.1) is 17.8 Å². The van der Waals surface area contributed by atoms with E-state index in [1.807, 2.05) is 12.1 Å². The monoisotopic (exact) mass is 501 g/mol. The van der Waals surface area contributed by atoms with E-state index >= 15 is 0 Å². The Morgan fingerprint density at radius 3 is 2.59 bits per heavy atom. The molecule has 34 heavy (non-hydrogen) atoms. The quantitative estimate of drug-likeness (QED) is 0.471. The van der Waals surface area contributed by atoms with Crippen molar-refractivity contribution in [3.05, 3.63) is 45.6 Å². The number of hydrogen-bond donors (Lipinski definition) is 1. The lowest BCUT2D eigenvalue weighted by atomic mass is 9.76. The van der Waals surface area contributed by atoms with Crippen LogP contribution in [0.4, 0.5) is 11.8 Å². The van der Waals surface area contributed by atoms with Gasteiger partial charge < -0.3 is 15.1 Å². The van der Waals surface area contributed by atoms with E-state index in [2.05, 4.69) is 42.0 Å². The molecule has 7 heteroatoms. The fraction of sp³-hybridized carbons (Fsp3) is 0.630. The molecule has 1 aromatic carbocycles. The number of hydrogen-bond acceptors (Lipinski definition) is 5. The van der Waals surface area contributed by atoms with Gasteiger partial charge in [-0.05, 0) is 81.0 Å². The first-order chi connectivity index (χ1) is 16.4. The fourth-order valence-electron chi connectivity index (χ4n) is 5.92. The summed E-state index contributed by atoms with van der Waals surface area (Å²) in [5.74, 6) is 4.21. The number of nitrogens with zero attached hydrogens (tertiary/aromatic N) is 4. The van der Waals surface area contributed by atoms with Crippen LogP contribution in [0.1, 0.15) is 63.8 Å². The van der Waals surface area contributed by atoms with Gasteiger partial charge in [0.05, 0.1) is 6.04 Å². The van der Waals surface area contributed by atoms with Gasteiger partial charge in [-0.25, -0.2) is 4.98 Å². The molecule has 0 radical (unpaired) electrons. The molecule has 0 spiro atoms. The van der Waals surface area contributed by atoms with Crippen molar-refractivity contribution in [2.75, 3.05) is 36.4 Å². The smallest absolute Gasteiger partial charge is 0.227 e. The van der Waals surface area contributed by atoms with Crippen LogP contribution < -0.4 is 10.2 Å². The van der Waals surface area contributed by atoms with E-state index in [1.54, 1.807) is 6.07 Å². The van der Waals surface area contributed by atoms with E-state index in [0.29, 0.717) is 10.0 Å². The van der Waals surface area contributed by atoms with Crippen molar-refractivity contribution in [1.82, 2.24) is 14.9 Å². The highest BCUT2D eigenvalue weighted by molar-refractivity contribution is 6.35. The van der Waals surface area contributed by atoms with Crippen LogP contribution in [0.2, 0.25) is 10.0 Å². The molecule has 3 aliphatic rings. The molecule has 2 saturated heterocycles. The molecular weight excluding hydrogens is 465 g/mol. The van der Waals surface area contributed by atoms with Crippen molar-refractivity contribution in [2.45, 2.75) is 65.0 Å². The molecule has 0 amide bonds. The fourth-order valence-corrected chi connectivity index (χ4v) is 6.49. The standard InChI is InChI=1S/C27H37Cl2N5/c1-4-22-13-26(30-18(3)24-8-7-21(28)12-25(24)29)32-27(31-22)34-15-20(16-34)19-6-5-9-33(14-19)23-10-17(2)11-23/h7-8,12-13,17-20,23H,4-6,9-11,14-16H2,1-3H3,(H,30,31,32)/t17?,18-,19+,23?/m1/s1. The average molecular weight is 503 g/mol. The van der Waals surface area contributed by atoms with Crippen molar-refractivity contribution < 1.29 is 0 Å². The van der Waals surface area contributed by atoms with Gasteiger partial charge in [-0.15, -0.1) is 0 Å². The van der Waals surface area contributed by atoms with Gasteiger partial charge in [0.1, 0.15) is 5.82 Å². The van der Waals surface area contributed by atoms with Crippen LogP contribution in [0.3, 0.4) is 0 Å². The minimum absolute atomic E-state index is 0.0174. The molecule has 5 rings (SSSR count). The number of piperidine rings is 1. The maximum atomic E-state index is 6.43. The van der Waals surface area contributed by atoms with Crippen molar-refractivity contribution >= 4 is 35.0 Å². The zero-order chi connectivity index (χ0) is 23.8. The normalized spacial score (nSPS) is 26.6. The molecule has 2 atom stereocenters. The minimum Gasteiger partial charge on any atom is -0.363 e. The number of halogens is 2. The lowest BCUT2D eigenvalue weighted by Gasteiger charge is -2.50. The summed E-state index contributed by atoms with van der Waals surface area (Å²) < 4.78 is 0. The first-order valence-electron chi connectivity index (χ1n) is 13.0. The zero-order valence-electron chi connectivity index (χ0n) is 20.6. The van der Waals surface area contributed by atoms with Crippen LogP contribution >= 0.6 is 23.2 Å². The lowest BCUT2D eigenvalue weighted by molar-refractivity contribution is 0.0294. The van der Waals surface area contributed by atoms with Gasteiger partial charge in [-0.1, -0.05) is 43.1 Å². The molecule has 5 nitrogen and oxygen atoms in total. The maximum Gasteiger partial charge on any atom is 0.227 e. The molecular formula is C27H37Cl2N5. The first-order valence-corrected chi connectivity index (χ1v) is 13.7. The van der Waals surface area contributed by atoms with Gasteiger partial charge >= 0.3 is 0 Å². The number of aryl methyl sites for hydroxylation is 1. The van der Waals surface area contributed by atoms with E-state index in [4.69, 9.17) is 33.2 Å². The summed E-state index contributed by atoms with van der Waals surface area (Å²) in [4.78, 5) is 14.9. The van der Waals surface area contributed by atoms with Gasteiger partial charge in [-0.2, -0.15) is 4.98 Å². The molecule has 0 bridgehead atoms. The Balaban J connectivity index is 1.22. The predicted molar refractivity (Wildman–Crippen MR) is 142 cm³/mol. The van der Waals surface area contributed by atoms with Gasteiger partial charge in [0.15, 0.2) is 0 Å². The summed E-state index contributed by atoms with van der Waals surface area (Å²) in [6.07, 6.45) is 6.41. The Kier molecular flexibility index (Phi) is 7.25. The Morgan fingerprint density at radius 2 is 1.88 bits per heavy atom. The molecule has 3 fully saturated rings. The summed E-state index contributed by atoms with van der Waals surface area (Å²) in [6.45, 7) is 11.4. The van der Waals surface area contributed by atoms with Crippen molar-refractivity contribution in [1.29, 1.82) is 0 Å². The third kappa shape index (κ3) is 5.17. The molecule has 184 valence electrons. The number of rotatable bonds is 7. The van der Waals surface area contributed by atoms with Crippen LogP contribution in [-0.4, -0.2) is 47.1 Å². The second kappa shape index (κ2) is 10.2. The third-order valence-corrected chi connectivity index (χ3v) is 8.70. The molecule has 1 aliphatic carbocycles. The van der Waals surface area contributed by atoms with Gasteiger partial charge in [-0.3, -0.25) is 0 Å². The van der Waals surface area contributed by atoms with E-state index in [-0.39, 0.29) is 6.04 Å². The molecule has 1 saturated carbocycles. The maximum absolute atomic E-state index is 6.43. The number of nitrogens with one attached hydrogen (secondary N) is 1. The summed E-state index contributed by atoms with van der Waals surface area (Å²) >= 11 is 12.5. The Labute approximate surface area is 214 Å². The number of benzene rings is 1. The van der Waals surface area contributed by atoms with E-state index < -0.39 is 0 Å². The van der Waals surface area contributed by atoms with Crippen LogP contribution in [0.15, 0.2) is 24.3 Å². The SMILES string of the molecule is CCc1cc(N[C@H](C)c2ccc(Cl)cc2Cl)nc(N2CC([C@H]3CCCN(C4CC(C)C4)C3)C2)n1. The summed E-state index contributed by atoms with van der Waals surface area (Å²) in [5.41, 5.74) is 2.07. The number of aromatic nitrogens is 2. The molecule has 1 N–H and O–H groups in total. The Hall–Kier alpha value is -1.56. The second-order valence-electron chi connectivity index (χ2n) is 10.7. The largest absolute Gasteiger partial charge is 0.363 e. The van der Waals surface area contributed by atoms with Gasteiger partial charge in [0.25, 0.3) is 0 Å². The highest BCUT2D eigenvalue weighted by atomic mass is 35.5. The van der Waals surface area contributed by atoms with Crippen LogP contribution in [0.25, 0.3) is 0 Å². The van der Waals surface area contributed by atoms with Gasteiger partial charge in [0, 0.05) is 47.5 Å². The van der Waals surface area contributed by atoms with Crippen molar-refractivity contribution in [2.24, 2.45) is 17.8 Å². The molecule has 1 aromatic heterocycles. The second-order valence-corrected chi connectivity index (χ2v) is 11.6. The predicted octanol–water partition coefficient (Wildman–Crippen LogP) is 6.47. The van der Waals surface area contributed by atoms with E-state index in [0.717, 1.165) is 66.3 Å². The number of anilines is 2. The minimum atomic E-state index is 0.0174.